The molecule has 0 rings (SSSR count). The van der Waals surface area contributed by atoms with Crippen molar-refractivity contribution in [1.82, 2.24) is 0 Å². The van der Waals surface area contributed by atoms with Gasteiger partial charge in [-0.3, -0.25) is 0 Å². The van der Waals surface area contributed by atoms with Gasteiger partial charge in [-0.15, -0.1) is 11.8 Å². The van der Waals surface area contributed by atoms with Crippen LogP contribution in [0.3, 0.4) is 0 Å². The summed E-state index contributed by atoms with van der Waals surface area (Å²) in [5, 5.41) is 0. The smallest absolute Gasteiger partial charge is 0.322 e. The maximum atomic E-state index is 6.18. The fraction of sp³-hybridized carbons (Fsp3) is 0.889. The van der Waals surface area contributed by atoms with E-state index < -0.39 is 17.1 Å². The molecule has 0 heterocycles. The van der Waals surface area contributed by atoms with E-state index in [0.717, 1.165) is 25.9 Å². The minimum atomic E-state index is -2.05. The molecule has 0 saturated heterocycles. The molecule has 136 valence electrons. The van der Waals surface area contributed by atoms with Crippen molar-refractivity contribution >= 4 is 17.1 Å². The molecule has 0 fully saturated rings. The van der Waals surface area contributed by atoms with Gasteiger partial charge in [0.1, 0.15) is 0 Å². The second-order valence-electron chi connectivity index (χ2n) is 6.76. The first kappa shape index (κ1) is 22.9. The third-order valence-electron chi connectivity index (χ3n) is 3.43. The Bertz CT molecular complexity index is 346. The van der Waals surface area contributed by atoms with E-state index in [1.807, 2.05) is 6.92 Å². The van der Waals surface area contributed by atoms with Crippen LogP contribution in [0, 0.1) is 11.8 Å². The first-order valence-corrected chi connectivity index (χ1v) is 14.9. The van der Waals surface area contributed by atoms with Gasteiger partial charge in [0.15, 0.2) is 0 Å². The van der Waals surface area contributed by atoms with Crippen LogP contribution in [0.1, 0.15) is 65.2 Å². The zero-order valence-electron chi connectivity index (χ0n) is 16.3. The maximum absolute atomic E-state index is 6.18. The Hall–Kier alpha value is -0.126. The van der Waals surface area contributed by atoms with Crippen LogP contribution in [0.4, 0.5) is 0 Å². The van der Waals surface area contributed by atoms with E-state index in [1.54, 1.807) is 0 Å². The highest BCUT2D eigenvalue weighted by Gasteiger charge is 2.35. The van der Waals surface area contributed by atoms with Gasteiger partial charge >= 0.3 is 17.1 Å². The molecule has 0 aliphatic carbocycles. The lowest BCUT2D eigenvalue weighted by Crippen LogP contribution is -2.48. The summed E-state index contributed by atoms with van der Waals surface area (Å²) in [7, 11) is -4.06. The number of hydrogen-bond acceptors (Lipinski definition) is 3. The lowest BCUT2D eigenvalue weighted by molar-refractivity contribution is 0.198. The van der Waals surface area contributed by atoms with E-state index in [0.29, 0.717) is 6.61 Å². The molecule has 0 aromatic heterocycles. The Morgan fingerprint density at radius 2 is 1.26 bits per heavy atom. The molecule has 0 N–H and O–H groups in total. The molecule has 0 spiro atoms. The van der Waals surface area contributed by atoms with Gasteiger partial charge in [0.2, 0.25) is 0 Å². The molecule has 0 atom stereocenters. The molecule has 0 aromatic carbocycles. The van der Waals surface area contributed by atoms with Crippen molar-refractivity contribution in [2.45, 2.75) is 91.4 Å². The standard InChI is InChI=1S/C18H38O3Si2/c1-7-9-10-11-12-13-14-15-16-17-18-20-23(5,6)21-22(3,4)19-8-2/h7-8,11-18H2,1-6H3. The molecule has 3 nitrogen and oxygen atoms in total. The summed E-state index contributed by atoms with van der Waals surface area (Å²) < 4.78 is 17.9. The van der Waals surface area contributed by atoms with Crippen LogP contribution in [0.15, 0.2) is 0 Å². The molecule has 0 radical (unpaired) electrons. The van der Waals surface area contributed by atoms with Crippen molar-refractivity contribution in [2.75, 3.05) is 13.2 Å². The molecule has 0 unspecified atom stereocenters. The summed E-state index contributed by atoms with van der Waals surface area (Å²) in [5.74, 6) is 6.33. The number of hydrogen-bond donors (Lipinski definition) is 0. The van der Waals surface area contributed by atoms with Crippen molar-refractivity contribution in [3.63, 3.8) is 0 Å². The van der Waals surface area contributed by atoms with Crippen LogP contribution in [-0.2, 0) is 13.0 Å². The summed E-state index contributed by atoms with van der Waals surface area (Å²) in [6, 6.07) is 0. The number of rotatable bonds is 13. The highest BCUT2D eigenvalue weighted by molar-refractivity contribution is 6.78. The third-order valence-corrected chi connectivity index (χ3v) is 9.25. The van der Waals surface area contributed by atoms with Gasteiger partial charge in [-0.1, -0.05) is 32.6 Å². The van der Waals surface area contributed by atoms with Crippen molar-refractivity contribution in [3.8, 4) is 11.8 Å². The third kappa shape index (κ3) is 15.2. The van der Waals surface area contributed by atoms with Crippen molar-refractivity contribution in [2.24, 2.45) is 0 Å². The van der Waals surface area contributed by atoms with Crippen LogP contribution >= 0.6 is 0 Å². The summed E-state index contributed by atoms with van der Waals surface area (Å²) in [6.45, 7) is 14.1. The Balaban J connectivity index is 3.59. The highest BCUT2D eigenvalue weighted by atomic mass is 28.5. The van der Waals surface area contributed by atoms with Gasteiger partial charge < -0.3 is 13.0 Å². The molecule has 0 aliphatic rings. The van der Waals surface area contributed by atoms with Crippen molar-refractivity contribution in [3.05, 3.63) is 0 Å². The number of unbranched alkanes of at least 4 members (excludes halogenated alkanes) is 6. The molecular formula is C18H38O3Si2. The van der Waals surface area contributed by atoms with E-state index in [2.05, 4.69) is 45.0 Å². The summed E-state index contributed by atoms with van der Waals surface area (Å²) in [6.07, 6.45) is 9.58. The fourth-order valence-electron chi connectivity index (χ4n) is 2.55. The van der Waals surface area contributed by atoms with Gasteiger partial charge in [-0.2, -0.15) is 0 Å². The first-order valence-electron chi connectivity index (χ1n) is 9.27. The lowest BCUT2D eigenvalue weighted by Gasteiger charge is -2.32. The first-order chi connectivity index (χ1) is 10.8. The lowest BCUT2D eigenvalue weighted by atomic mass is 10.1. The molecule has 0 aromatic rings. The van der Waals surface area contributed by atoms with Crippen LogP contribution in [0.2, 0.25) is 26.2 Å². The Morgan fingerprint density at radius 3 is 1.87 bits per heavy atom. The predicted molar refractivity (Wildman–Crippen MR) is 104 cm³/mol. The van der Waals surface area contributed by atoms with Crippen LogP contribution in [-0.4, -0.2) is 30.3 Å². The van der Waals surface area contributed by atoms with Crippen LogP contribution in [0.5, 0.6) is 0 Å². The highest BCUT2D eigenvalue weighted by Crippen LogP contribution is 2.17. The van der Waals surface area contributed by atoms with Gasteiger partial charge in [0, 0.05) is 26.1 Å². The van der Waals surface area contributed by atoms with E-state index in [9.17, 15) is 0 Å². The molecule has 23 heavy (non-hydrogen) atoms. The zero-order valence-corrected chi connectivity index (χ0v) is 18.3. The second kappa shape index (κ2) is 13.2. The average molecular weight is 359 g/mol. The molecule has 0 aliphatic heterocycles. The zero-order chi connectivity index (χ0) is 17.6. The normalized spacial score (nSPS) is 12.1. The predicted octanol–water partition coefficient (Wildman–Crippen LogP) is 5.60. The van der Waals surface area contributed by atoms with Crippen LogP contribution in [0.25, 0.3) is 0 Å². The molecular weight excluding hydrogens is 320 g/mol. The summed E-state index contributed by atoms with van der Waals surface area (Å²) >= 11 is 0. The van der Waals surface area contributed by atoms with Crippen LogP contribution < -0.4 is 0 Å². The largest absolute Gasteiger partial charge is 0.415 e. The van der Waals surface area contributed by atoms with Crippen molar-refractivity contribution in [1.29, 1.82) is 0 Å². The monoisotopic (exact) mass is 358 g/mol. The second-order valence-corrected chi connectivity index (χ2v) is 13.8. The van der Waals surface area contributed by atoms with E-state index in [1.165, 1.54) is 32.1 Å². The Morgan fingerprint density at radius 1 is 0.696 bits per heavy atom. The molecule has 0 saturated carbocycles. The Kier molecular flexibility index (Phi) is 13.1. The van der Waals surface area contributed by atoms with E-state index >= 15 is 0 Å². The SMILES string of the molecule is CCC#CCCCCCCCCO[Si](C)(C)O[Si](C)(C)OCC. The quantitative estimate of drug-likeness (QED) is 0.243. The van der Waals surface area contributed by atoms with Gasteiger partial charge in [-0.05, 0) is 46.0 Å². The topological polar surface area (TPSA) is 27.7 Å². The molecule has 0 amide bonds. The summed E-state index contributed by atoms with van der Waals surface area (Å²) in [5.41, 5.74) is 0. The fourth-order valence-corrected chi connectivity index (χ4v) is 9.09. The molecule has 5 heteroatoms. The average Bonchev–Trinajstić information content (AvgIpc) is 2.43. The van der Waals surface area contributed by atoms with Crippen molar-refractivity contribution < 1.29 is 13.0 Å². The summed E-state index contributed by atoms with van der Waals surface area (Å²) in [4.78, 5) is 0. The van der Waals surface area contributed by atoms with E-state index in [-0.39, 0.29) is 0 Å². The van der Waals surface area contributed by atoms with Gasteiger partial charge in [0.05, 0.1) is 0 Å². The minimum absolute atomic E-state index is 0.716. The van der Waals surface area contributed by atoms with Gasteiger partial charge in [0.25, 0.3) is 0 Å². The maximum Gasteiger partial charge on any atom is 0.322 e. The molecule has 0 bridgehead atoms. The minimum Gasteiger partial charge on any atom is -0.415 e. The van der Waals surface area contributed by atoms with E-state index in [4.69, 9.17) is 13.0 Å². The van der Waals surface area contributed by atoms with Gasteiger partial charge in [-0.25, -0.2) is 0 Å². The Labute approximate surface area is 147 Å².